The lowest BCUT2D eigenvalue weighted by molar-refractivity contribution is 0.841. The molecule has 0 aromatic rings. The fourth-order valence-electron chi connectivity index (χ4n) is 1.22. The summed E-state index contributed by atoms with van der Waals surface area (Å²) < 4.78 is 0. The summed E-state index contributed by atoms with van der Waals surface area (Å²) in [6, 6.07) is 3.06. The summed E-state index contributed by atoms with van der Waals surface area (Å²) in [4.78, 5) is 0. The van der Waals surface area contributed by atoms with Crippen LogP contribution in [0.25, 0.3) is 0 Å². The largest absolute Gasteiger partial charge is 0.122 e. The van der Waals surface area contributed by atoms with Crippen molar-refractivity contribution in [1.82, 2.24) is 0 Å². The Morgan fingerprint density at radius 3 is 1.64 bits per heavy atom. The van der Waals surface area contributed by atoms with Crippen molar-refractivity contribution in [2.24, 2.45) is 0 Å². The lowest BCUT2D eigenvalue weighted by Gasteiger charge is -2.18. The Bertz CT molecular complexity index is 81.6. The van der Waals surface area contributed by atoms with Gasteiger partial charge in [-0.15, -0.1) is 21.8 Å². The molecule has 0 radical (unpaired) electrons. The van der Waals surface area contributed by atoms with Crippen LogP contribution >= 0.6 is 21.8 Å². The molecule has 2 heteroatoms. The second-order valence-corrected chi connectivity index (χ2v) is 15.3. The molecule has 0 saturated heterocycles. The van der Waals surface area contributed by atoms with Gasteiger partial charge in [-0.25, -0.2) is 0 Å². The van der Waals surface area contributed by atoms with Gasteiger partial charge in [0.2, 0.25) is 0 Å². The van der Waals surface area contributed by atoms with Gasteiger partial charge in [-0.3, -0.25) is 0 Å². The molecule has 0 rings (SSSR count). The van der Waals surface area contributed by atoms with Crippen molar-refractivity contribution in [3.63, 3.8) is 0 Å². The van der Waals surface area contributed by atoms with E-state index < -0.39 is 5.57 Å². The molecule has 0 heterocycles. The van der Waals surface area contributed by atoms with E-state index in [1.165, 1.54) is 37.8 Å². The summed E-state index contributed by atoms with van der Waals surface area (Å²) in [5.74, 6) is 0. The van der Waals surface area contributed by atoms with Gasteiger partial charge < -0.3 is 0 Å². The Kier molecular flexibility index (Phi) is 7.02. The van der Waals surface area contributed by atoms with Crippen molar-refractivity contribution in [3.8, 4) is 0 Å². The monoisotopic (exact) mass is 284 g/mol. The quantitative estimate of drug-likeness (QED) is 0.380. The fraction of sp³-hybridized carbons (Fsp3) is 1.00. The first kappa shape index (κ1) is 11.9. The molecule has 68 valence electrons. The molecule has 0 nitrogen and oxygen atoms in total. The second-order valence-electron chi connectivity index (χ2n) is 3.62. The third-order valence-electron chi connectivity index (χ3n) is 2.10. The van der Waals surface area contributed by atoms with Gasteiger partial charge in [0, 0.05) is 0 Å². The second kappa shape index (κ2) is 6.46. The van der Waals surface area contributed by atoms with Crippen molar-refractivity contribution in [3.05, 3.63) is 0 Å². The van der Waals surface area contributed by atoms with Gasteiger partial charge in [0.1, 0.15) is 5.57 Å². The Balaban J connectivity index is 3.43. The molecule has 0 aliphatic carbocycles. The number of unbranched alkanes of at least 4 members (excludes halogenated alkanes) is 2. The molecule has 0 amide bonds. The standard InChI is InChI=1S/C9H21ISi/c1-4-6-8-11(3,10)9-7-5-2/h4-9H2,1-3H3. The summed E-state index contributed by atoms with van der Waals surface area (Å²) in [5.41, 5.74) is -0.775. The predicted molar refractivity (Wildman–Crippen MR) is 65.1 cm³/mol. The normalized spacial score (nSPS) is 12.0. The zero-order chi connectivity index (χ0) is 8.74. The third-order valence-corrected chi connectivity index (χ3v) is 8.13. The van der Waals surface area contributed by atoms with E-state index in [0.29, 0.717) is 0 Å². The number of hydrogen-bond donors (Lipinski definition) is 0. The minimum atomic E-state index is -0.775. The molecule has 0 fully saturated rings. The Morgan fingerprint density at radius 1 is 1.00 bits per heavy atom. The molecule has 11 heavy (non-hydrogen) atoms. The van der Waals surface area contributed by atoms with E-state index >= 15 is 0 Å². The first-order valence-corrected chi connectivity index (χ1v) is 10.8. The highest BCUT2D eigenvalue weighted by atomic mass is 127. The van der Waals surface area contributed by atoms with E-state index in [4.69, 9.17) is 0 Å². The minimum Gasteiger partial charge on any atom is -0.119 e. The van der Waals surface area contributed by atoms with Crippen LogP contribution < -0.4 is 0 Å². The van der Waals surface area contributed by atoms with Crippen LogP contribution in [0.1, 0.15) is 39.5 Å². The summed E-state index contributed by atoms with van der Waals surface area (Å²) in [5, 5.41) is 0. The van der Waals surface area contributed by atoms with Crippen LogP contribution in [0.15, 0.2) is 0 Å². The maximum Gasteiger partial charge on any atom is 0.122 e. The molecule has 0 N–H and O–H groups in total. The highest BCUT2D eigenvalue weighted by Gasteiger charge is 2.20. The fourth-order valence-corrected chi connectivity index (χ4v) is 5.94. The molecular formula is C9H21ISi. The number of halogens is 1. The topological polar surface area (TPSA) is 0 Å². The summed E-state index contributed by atoms with van der Waals surface area (Å²) >= 11 is 2.76. The maximum absolute atomic E-state index is 2.76. The maximum atomic E-state index is 2.76. The van der Waals surface area contributed by atoms with Crippen molar-refractivity contribution >= 4 is 27.4 Å². The van der Waals surface area contributed by atoms with E-state index in [2.05, 4.69) is 42.2 Å². The SMILES string of the molecule is CCCC[Si](C)(I)CCCC. The van der Waals surface area contributed by atoms with Gasteiger partial charge in [0.25, 0.3) is 0 Å². The highest BCUT2D eigenvalue weighted by molar-refractivity contribution is 14.1. The summed E-state index contributed by atoms with van der Waals surface area (Å²) in [6.07, 6.45) is 5.65. The lowest BCUT2D eigenvalue weighted by Crippen LogP contribution is -2.19. The molecule has 0 unspecified atom stereocenters. The molecule has 0 bridgehead atoms. The molecule has 0 aromatic heterocycles. The van der Waals surface area contributed by atoms with Gasteiger partial charge in [-0.05, 0) is 12.1 Å². The van der Waals surface area contributed by atoms with Gasteiger partial charge in [-0.2, -0.15) is 0 Å². The van der Waals surface area contributed by atoms with Crippen LogP contribution in [0.3, 0.4) is 0 Å². The highest BCUT2D eigenvalue weighted by Crippen LogP contribution is 2.27. The smallest absolute Gasteiger partial charge is 0.119 e. The van der Waals surface area contributed by atoms with Crippen LogP contribution in [-0.2, 0) is 0 Å². The molecule has 0 atom stereocenters. The summed E-state index contributed by atoms with van der Waals surface area (Å²) in [7, 11) is 0. The van der Waals surface area contributed by atoms with Gasteiger partial charge in [-0.1, -0.05) is 46.1 Å². The summed E-state index contributed by atoms with van der Waals surface area (Å²) in [6.45, 7) is 7.11. The number of hydrogen-bond acceptors (Lipinski definition) is 0. The predicted octanol–water partition coefficient (Wildman–Crippen LogP) is 4.60. The molecule has 0 aliphatic rings. The molecular weight excluding hydrogens is 263 g/mol. The van der Waals surface area contributed by atoms with E-state index in [1.54, 1.807) is 0 Å². The Morgan fingerprint density at radius 2 is 1.36 bits per heavy atom. The van der Waals surface area contributed by atoms with E-state index in [0.717, 1.165) is 0 Å². The molecule has 0 aromatic carbocycles. The zero-order valence-electron chi connectivity index (χ0n) is 8.12. The van der Waals surface area contributed by atoms with E-state index in [9.17, 15) is 0 Å². The van der Waals surface area contributed by atoms with Gasteiger partial charge >= 0.3 is 0 Å². The average Bonchev–Trinajstić information content (AvgIpc) is 1.97. The molecule has 0 aliphatic heterocycles. The van der Waals surface area contributed by atoms with Crippen molar-refractivity contribution in [2.45, 2.75) is 58.2 Å². The van der Waals surface area contributed by atoms with Crippen molar-refractivity contribution in [1.29, 1.82) is 0 Å². The molecule has 0 spiro atoms. The third kappa shape index (κ3) is 7.31. The zero-order valence-corrected chi connectivity index (χ0v) is 11.3. The van der Waals surface area contributed by atoms with Crippen LogP contribution in [0.4, 0.5) is 0 Å². The van der Waals surface area contributed by atoms with Crippen LogP contribution in [0.5, 0.6) is 0 Å². The van der Waals surface area contributed by atoms with Crippen LogP contribution in [0.2, 0.25) is 18.6 Å². The van der Waals surface area contributed by atoms with Crippen molar-refractivity contribution in [2.75, 3.05) is 0 Å². The van der Waals surface area contributed by atoms with Gasteiger partial charge in [0.05, 0.1) is 0 Å². The first-order chi connectivity index (χ1) is 5.12. The van der Waals surface area contributed by atoms with E-state index in [1.807, 2.05) is 0 Å². The minimum absolute atomic E-state index is 0.775. The first-order valence-electron chi connectivity index (χ1n) is 4.81. The van der Waals surface area contributed by atoms with Crippen LogP contribution in [0, 0.1) is 0 Å². The number of rotatable bonds is 6. The van der Waals surface area contributed by atoms with Crippen molar-refractivity contribution < 1.29 is 0 Å². The van der Waals surface area contributed by atoms with E-state index in [-0.39, 0.29) is 0 Å². The average molecular weight is 284 g/mol. The van der Waals surface area contributed by atoms with Crippen LogP contribution in [-0.4, -0.2) is 5.57 Å². The Hall–Kier alpha value is 0.947. The van der Waals surface area contributed by atoms with Gasteiger partial charge in [0.15, 0.2) is 0 Å². The lowest BCUT2D eigenvalue weighted by atomic mass is 10.4. The Labute approximate surface area is 85.4 Å². The molecule has 0 saturated carbocycles.